The highest BCUT2D eigenvalue weighted by molar-refractivity contribution is 5.85. The zero-order valence-corrected chi connectivity index (χ0v) is 13.2. The van der Waals surface area contributed by atoms with Crippen molar-refractivity contribution in [1.29, 1.82) is 0 Å². The van der Waals surface area contributed by atoms with Gasteiger partial charge in [-0.1, -0.05) is 38.1 Å². The normalized spacial score (nSPS) is 15.6. The number of hydrogen-bond acceptors (Lipinski definition) is 0. The number of fused-ring (bicyclic) bond motifs is 1. The number of hydrogen-bond donors (Lipinski definition) is 0. The lowest BCUT2D eigenvalue weighted by molar-refractivity contribution is -0.204. The van der Waals surface area contributed by atoms with Crippen LogP contribution in [0.25, 0.3) is 10.8 Å². The molecule has 1 unspecified atom stereocenters. The summed E-state index contributed by atoms with van der Waals surface area (Å²) < 4.78 is -0.282. The smallest absolute Gasteiger partial charge is 0.106 e. The topological polar surface area (TPSA) is 19.9 Å². The van der Waals surface area contributed by atoms with E-state index in [-0.39, 0.29) is 10.2 Å². The fraction of sp³-hybridized carbons (Fsp3) is 0.444. The van der Waals surface area contributed by atoms with Crippen molar-refractivity contribution in [3.8, 4) is 0 Å². The van der Waals surface area contributed by atoms with Crippen molar-refractivity contribution >= 4 is 16.5 Å². The largest absolute Gasteiger partial charge is 0.169 e. The molecule has 0 N–H and O–H groups in total. The van der Waals surface area contributed by atoms with Gasteiger partial charge in [-0.2, -0.15) is 0 Å². The van der Waals surface area contributed by atoms with Gasteiger partial charge in [0.2, 0.25) is 0 Å². The van der Waals surface area contributed by atoms with Crippen molar-refractivity contribution in [2.45, 2.75) is 40.2 Å². The van der Waals surface area contributed by atoms with Gasteiger partial charge in [-0.25, -0.2) is 0 Å². The predicted molar refractivity (Wildman–Crippen MR) is 85.9 cm³/mol. The quantitative estimate of drug-likeness (QED) is 0.556. The Bertz CT molecular complexity index is 598. The molecule has 2 aromatic carbocycles. The van der Waals surface area contributed by atoms with Gasteiger partial charge < -0.3 is 0 Å². The standard InChI is InChI=1S/C18H25NO/c1-14(2)13-19(20,18(3,4)5)17-11-10-15-8-6-7-9-16(15)12-17/h6-12,14H,13H2,1-5H3/q+1. The maximum Gasteiger partial charge on any atom is 0.169 e. The maximum atomic E-state index is 13.5. The van der Waals surface area contributed by atoms with E-state index in [4.69, 9.17) is 0 Å². The highest BCUT2D eigenvalue weighted by Gasteiger charge is 2.45. The summed E-state index contributed by atoms with van der Waals surface area (Å²) in [6.45, 7) is 10.9. The van der Waals surface area contributed by atoms with E-state index >= 15 is 0 Å². The summed E-state index contributed by atoms with van der Waals surface area (Å²) in [5, 5.41) is 15.8. The first-order chi connectivity index (χ1) is 9.24. The molecule has 107 valence electrons. The molecule has 2 aromatic rings. The van der Waals surface area contributed by atoms with Crippen LogP contribution in [0.5, 0.6) is 0 Å². The Morgan fingerprint density at radius 2 is 1.60 bits per heavy atom. The molecule has 0 spiro atoms. The van der Waals surface area contributed by atoms with Crippen molar-refractivity contribution in [2.75, 3.05) is 6.54 Å². The Hall–Kier alpha value is -1.38. The summed E-state index contributed by atoms with van der Waals surface area (Å²) in [6.07, 6.45) is 0. The minimum Gasteiger partial charge on any atom is -0.106 e. The van der Waals surface area contributed by atoms with Gasteiger partial charge in [-0.15, -0.1) is 4.65 Å². The number of hydroxylamine groups is 2. The SMILES string of the molecule is CC(C)C[N+]([O])(c1ccc2ccccc2c1)C(C)(C)C. The van der Waals surface area contributed by atoms with Gasteiger partial charge >= 0.3 is 0 Å². The van der Waals surface area contributed by atoms with Gasteiger partial charge in [0.05, 0.1) is 0 Å². The molecule has 0 heterocycles. The highest BCUT2D eigenvalue weighted by Crippen LogP contribution is 2.34. The Labute approximate surface area is 122 Å². The Balaban J connectivity index is 2.56. The molecule has 2 heteroatoms. The number of rotatable bonds is 3. The lowest BCUT2D eigenvalue weighted by Crippen LogP contribution is -2.59. The molecule has 20 heavy (non-hydrogen) atoms. The fourth-order valence-corrected chi connectivity index (χ4v) is 2.68. The second-order valence-electron chi connectivity index (χ2n) is 7.02. The van der Waals surface area contributed by atoms with Gasteiger partial charge in [-0.3, -0.25) is 0 Å². The fourth-order valence-electron chi connectivity index (χ4n) is 2.68. The maximum absolute atomic E-state index is 13.5. The summed E-state index contributed by atoms with van der Waals surface area (Å²) in [5.41, 5.74) is 0.483. The van der Waals surface area contributed by atoms with Gasteiger partial charge in [0.15, 0.2) is 5.69 Å². The van der Waals surface area contributed by atoms with E-state index in [0.29, 0.717) is 12.5 Å². The molecule has 2 nitrogen and oxygen atoms in total. The van der Waals surface area contributed by atoms with Crippen LogP contribution < -0.4 is 4.65 Å². The van der Waals surface area contributed by atoms with Gasteiger partial charge in [-0.05, 0) is 37.6 Å². The van der Waals surface area contributed by atoms with Crippen LogP contribution in [-0.4, -0.2) is 12.1 Å². The molecular weight excluding hydrogens is 246 g/mol. The summed E-state index contributed by atoms with van der Waals surface area (Å²) in [7, 11) is 0. The number of nitrogens with zero attached hydrogens (tertiary/aromatic N) is 1. The third-order valence-electron chi connectivity index (χ3n) is 3.86. The molecule has 0 saturated carbocycles. The van der Waals surface area contributed by atoms with E-state index in [0.717, 1.165) is 11.1 Å². The van der Waals surface area contributed by atoms with Crippen LogP contribution in [0.3, 0.4) is 0 Å². The summed E-state index contributed by atoms with van der Waals surface area (Å²) in [4.78, 5) is 0. The van der Waals surface area contributed by atoms with Crippen molar-refractivity contribution in [3.05, 3.63) is 42.5 Å². The summed E-state index contributed by atoms with van der Waals surface area (Å²) in [6, 6.07) is 14.3. The Kier molecular flexibility index (Phi) is 3.90. The molecule has 0 fully saturated rings. The zero-order chi connectivity index (χ0) is 15.0. The van der Waals surface area contributed by atoms with E-state index in [2.05, 4.69) is 38.1 Å². The first kappa shape index (κ1) is 15.0. The monoisotopic (exact) mass is 271 g/mol. The van der Waals surface area contributed by atoms with Crippen LogP contribution in [0, 0.1) is 5.92 Å². The van der Waals surface area contributed by atoms with Crippen molar-refractivity contribution in [1.82, 2.24) is 4.65 Å². The molecule has 2 rings (SSSR count). The third kappa shape index (κ3) is 2.72. The molecule has 0 saturated heterocycles. The minimum atomic E-state index is -0.368. The highest BCUT2D eigenvalue weighted by atomic mass is 16.6. The van der Waals surface area contributed by atoms with Gasteiger partial charge in [0.25, 0.3) is 0 Å². The second-order valence-corrected chi connectivity index (χ2v) is 7.02. The van der Waals surface area contributed by atoms with Crippen LogP contribution in [0.15, 0.2) is 42.5 Å². The average molecular weight is 271 g/mol. The molecule has 0 aliphatic rings. The minimum absolute atomic E-state index is 0.282. The molecule has 1 radical (unpaired) electrons. The van der Waals surface area contributed by atoms with E-state index in [9.17, 15) is 5.21 Å². The van der Waals surface area contributed by atoms with E-state index in [1.807, 2.05) is 39.0 Å². The van der Waals surface area contributed by atoms with E-state index < -0.39 is 0 Å². The van der Waals surface area contributed by atoms with E-state index in [1.165, 1.54) is 5.39 Å². The first-order valence-corrected chi connectivity index (χ1v) is 7.32. The van der Waals surface area contributed by atoms with Crippen molar-refractivity contribution in [3.63, 3.8) is 0 Å². The molecule has 0 bridgehead atoms. The van der Waals surface area contributed by atoms with Gasteiger partial charge in [0, 0.05) is 23.3 Å². The number of quaternary nitrogens is 1. The zero-order valence-electron chi connectivity index (χ0n) is 13.2. The Morgan fingerprint density at radius 3 is 2.15 bits per heavy atom. The Morgan fingerprint density at radius 1 is 1.00 bits per heavy atom. The molecule has 1 atom stereocenters. The molecule has 0 aliphatic heterocycles. The predicted octanol–water partition coefficient (Wildman–Crippen LogP) is 4.95. The third-order valence-corrected chi connectivity index (χ3v) is 3.86. The summed E-state index contributed by atoms with van der Waals surface area (Å²) in [5.74, 6) is 0.359. The molecule has 0 amide bonds. The first-order valence-electron chi connectivity index (χ1n) is 7.32. The summed E-state index contributed by atoms with van der Waals surface area (Å²) >= 11 is 0. The lowest BCUT2D eigenvalue weighted by Gasteiger charge is -2.39. The molecule has 0 aromatic heterocycles. The van der Waals surface area contributed by atoms with Crippen LogP contribution in [0.4, 0.5) is 5.69 Å². The number of benzene rings is 2. The second kappa shape index (κ2) is 5.19. The van der Waals surface area contributed by atoms with Gasteiger partial charge in [0.1, 0.15) is 12.1 Å². The van der Waals surface area contributed by atoms with Crippen LogP contribution in [0.2, 0.25) is 0 Å². The molecular formula is C18H25NO+. The lowest BCUT2D eigenvalue weighted by atomic mass is 9.99. The van der Waals surface area contributed by atoms with Crippen molar-refractivity contribution < 1.29 is 5.21 Å². The van der Waals surface area contributed by atoms with Crippen LogP contribution in [-0.2, 0) is 5.21 Å². The van der Waals surface area contributed by atoms with Crippen molar-refractivity contribution in [2.24, 2.45) is 5.92 Å². The van der Waals surface area contributed by atoms with Crippen LogP contribution in [0.1, 0.15) is 34.6 Å². The molecule has 0 aliphatic carbocycles. The average Bonchev–Trinajstić information content (AvgIpc) is 2.36. The van der Waals surface area contributed by atoms with Crippen LogP contribution >= 0.6 is 0 Å². The van der Waals surface area contributed by atoms with E-state index in [1.54, 1.807) is 0 Å².